The van der Waals surface area contributed by atoms with Crippen molar-refractivity contribution >= 4 is 0 Å². The zero-order chi connectivity index (χ0) is 16.4. The highest BCUT2D eigenvalue weighted by Gasteiger charge is 2.33. The van der Waals surface area contributed by atoms with E-state index in [2.05, 4.69) is 14.9 Å². The number of nitrogens with two attached hydrogens (primary N) is 1. The van der Waals surface area contributed by atoms with Gasteiger partial charge in [0.2, 0.25) is 5.82 Å². The van der Waals surface area contributed by atoms with Gasteiger partial charge in [-0.1, -0.05) is 5.16 Å². The number of aliphatic hydroxyl groups is 2. The van der Waals surface area contributed by atoms with E-state index in [-0.39, 0.29) is 17.5 Å². The molecular formula is C12H12F3N3O4. The van der Waals surface area contributed by atoms with E-state index >= 15 is 0 Å². The van der Waals surface area contributed by atoms with Crippen LogP contribution in [0.15, 0.2) is 28.8 Å². The Morgan fingerprint density at radius 2 is 1.73 bits per heavy atom. The van der Waals surface area contributed by atoms with E-state index in [9.17, 15) is 13.2 Å². The maximum Gasteiger partial charge on any atom is 0.573 e. The van der Waals surface area contributed by atoms with Gasteiger partial charge in [0.1, 0.15) is 11.3 Å². The highest BCUT2D eigenvalue weighted by Crippen LogP contribution is 2.26. The van der Waals surface area contributed by atoms with Gasteiger partial charge in [-0.05, 0) is 24.3 Å². The van der Waals surface area contributed by atoms with Crippen molar-refractivity contribution in [2.24, 2.45) is 5.73 Å². The van der Waals surface area contributed by atoms with E-state index in [0.29, 0.717) is 5.56 Å². The van der Waals surface area contributed by atoms with Crippen LogP contribution >= 0.6 is 0 Å². The van der Waals surface area contributed by atoms with Gasteiger partial charge in [-0.15, -0.1) is 13.2 Å². The number of halogens is 3. The molecule has 0 aliphatic carbocycles. The van der Waals surface area contributed by atoms with Gasteiger partial charge >= 0.3 is 6.36 Å². The Hall–Kier alpha value is -2.17. The number of rotatable bonds is 5. The molecule has 0 fully saturated rings. The molecule has 10 heteroatoms. The number of aromatic nitrogens is 2. The van der Waals surface area contributed by atoms with E-state index in [4.69, 9.17) is 20.5 Å². The molecule has 0 radical (unpaired) electrons. The normalized spacial score (nSPS) is 12.5. The first-order chi connectivity index (χ1) is 10.3. The molecule has 0 saturated heterocycles. The topological polar surface area (TPSA) is 115 Å². The standard InChI is InChI=1S/C12H12F3N3O4/c13-12(14,15)21-8-3-1-7(2-4-8)9-17-10(22-18-9)11(16,5-19)6-20/h1-4,19-20H,5-6,16H2. The fourth-order valence-electron chi connectivity index (χ4n) is 1.53. The van der Waals surface area contributed by atoms with Crippen LogP contribution in [0.2, 0.25) is 0 Å². The van der Waals surface area contributed by atoms with Crippen LogP contribution in [0.3, 0.4) is 0 Å². The Kier molecular flexibility index (Phi) is 4.35. The summed E-state index contributed by atoms with van der Waals surface area (Å²) < 4.78 is 44.8. The largest absolute Gasteiger partial charge is 0.573 e. The highest BCUT2D eigenvalue weighted by atomic mass is 19.4. The lowest BCUT2D eigenvalue weighted by Crippen LogP contribution is -2.44. The molecule has 0 amide bonds. The summed E-state index contributed by atoms with van der Waals surface area (Å²) >= 11 is 0. The summed E-state index contributed by atoms with van der Waals surface area (Å²) in [5, 5.41) is 21.9. The van der Waals surface area contributed by atoms with Gasteiger partial charge < -0.3 is 25.2 Å². The summed E-state index contributed by atoms with van der Waals surface area (Å²) in [7, 11) is 0. The van der Waals surface area contributed by atoms with Crippen molar-refractivity contribution in [3.63, 3.8) is 0 Å². The molecule has 1 aromatic heterocycles. The predicted octanol–water partition coefficient (Wildman–Crippen LogP) is 0.774. The van der Waals surface area contributed by atoms with Crippen LogP contribution in [0.1, 0.15) is 5.89 Å². The van der Waals surface area contributed by atoms with Crippen molar-refractivity contribution in [1.82, 2.24) is 10.1 Å². The molecule has 2 aromatic rings. The minimum atomic E-state index is -4.78. The van der Waals surface area contributed by atoms with E-state index in [1.807, 2.05) is 0 Å². The molecule has 0 saturated carbocycles. The van der Waals surface area contributed by atoms with E-state index in [1.54, 1.807) is 0 Å². The number of alkyl halides is 3. The molecule has 120 valence electrons. The van der Waals surface area contributed by atoms with E-state index in [0.717, 1.165) is 12.1 Å². The molecule has 0 unspecified atom stereocenters. The lowest BCUT2D eigenvalue weighted by atomic mass is 10.0. The first-order valence-electron chi connectivity index (χ1n) is 5.98. The molecule has 0 spiro atoms. The van der Waals surface area contributed by atoms with Crippen LogP contribution in [-0.4, -0.2) is 39.9 Å². The summed E-state index contributed by atoms with van der Waals surface area (Å²) in [6, 6.07) is 4.77. The quantitative estimate of drug-likeness (QED) is 0.746. The van der Waals surface area contributed by atoms with Gasteiger partial charge in [-0.3, -0.25) is 0 Å². The third-order valence-corrected chi connectivity index (χ3v) is 2.76. The molecule has 4 N–H and O–H groups in total. The van der Waals surface area contributed by atoms with Crippen molar-refractivity contribution in [3.05, 3.63) is 30.2 Å². The zero-order valence-electron chi connectivity index (χ0n) is 11.0. The van der Waals surface area contributed by atoms with Crippen LogP contribution in [0.25, 0.3) is 11.4 Å². The maximum absolute atomic E-state index is 12.1. The maximum atomic E-state index is 12.1. The second kappa shape index (κ2) is 5.91. The van der Waals surface area contributed by atoms with Gasteiger partial charge in [0.25, 0.3) is 5.89 Å². The molecule has 0 aliphatic heterocycles. The number of nitrogens with zero attached hydrogens (tertiary/aromatic N) is 2. The molecule has 2 rings (SSSR count). The lowest BCUT2D eigenvalue weighted by Gasteiger charge is -2.18. The van der Waals surface area contributed by atoms with E-state index < -0.39 is 25.1 Å². The average molecular weight is 319 g/mol. The number of benzene rings is 1. The van der Waals surface area contributed by atoms with Crippen LogP contribution in [-0.2, 0) is 5.54 Å². The average Bonchev–Trinajstić information content (AvgIpc) is 2.96. The molecule has 0 bridgehead atoms. The van der Waals surface area contributed by atoms with Crippen LogP contribution in [0.4, 0.5) is 13.2 Å². The van der Waals surface area contributed by atoms with Crippen molar-refractivity contribution in [3.8, 4) is 17.1 Å². The van der Waals surface area contributed by atoms with Crippen molar-refractivity contribution in [2.45, 2.75) is 11.9 Å². The zero-order valence-corrected chi connectivity index (χ0v) is 11.0. The number of ether oxygens (including phenoxy) is 1. The second-order valence-corrected chi connectivity index (χ2v) is 4.47. The summed E-state index contributed by atoms with van der Waals surface area (Å²) in [5.41, 5.74) is 4.42. The van der Waals surface area contributed by atoms with Gasteiger partial charge in [0.05, 0.1) is 13.2 Å². The summed E-state index contributed by atoms with van der Waals surface area (Å²) in [4.78, 5) is 3.91. The fourth-order valence-corrected chi connectivity index (χ4v) is 1.53. The molecule has 1 heterocycles. The number of hydrogen-bond acceptors (Lipinski definition) is 7. The van der Waals surface area contributed by atoms with E-state index in [1.165, 1.54) is 12.1 Å². The van der Waals surface area contributed by atoms with Crippen LogP contribution < -0.4 is 10.5 Å². The Balaban J connectivity index is 2.21. The molecule has 7 nitrogen and oxygen atoms in total. The number of hydrogen-bond donors (Lipinski definition) is 3. The summed E-state index contributed by atoms with van der Waals surface area (Å²) in [6.07, 6.45) is -4.78. The molecule has 1 aromatic carbocycles. The Labute approximate surface area is 122 Å². The SMILES string of the molecule is NC(CO)(CO)c1nc(-c2ccc(OC(F)(F)F)cc2)no1. The Bertz CT molecular complexity index is 623. The van der Waals surface area contributed by atoms with Gasteiger partial charge in [0.15, 0.2) is 0 Å². The molecular weight excluding hydrogens is 307 g/mol. The van der Waals surface area contributed by atoms with Gasteiger partial charge in [-0.25, -0.2) is 0 Å². The van der Waals surface area contributed by atoms with Crippen LogP contribution in [0, 0.1) is 0 Å². The smallest absolute Gasteiger partial charge is 0.406 e. The Morgan fingerprint density at radius 1 is 1.14 bits per heavy atom. The fraction of sp³-hybridized carbons (Fsp3) is 0.333. The van der Waals surface area contributed by atoms with Crippen LogP contribution in [0.5, 0.6) is 5.75 Å². The number of aliphatic hydroxyl groups excluding tert-OH is 2. The predicted molar refractivity (Wildman–Crippen MR) is 66.5 cm³/mol. The molecule has 22 heavy (non-hydrogen) atoms. The minimum Gasteiger partial charge on any atom is -0.406 e. The second-order valence-electron chi connectivity index (χ2n) is 4.47. The minimum absolute atomic E-state index is 0.0466. The van der Waals surface area contributed by atoms with Crippen molar-refractivity contribution in [1.29, 1.82) is 0 Å². The van der Waals surface area contributed by atoms with Gasteiger partial charge in [0, 0.05) is 5.56 Å². The third-order valence-electron chi connectivity index (χ3n) is 2.76. The summed E-state index contributed by atoms with van der Waals surface area (Å²) in [6.45, 7) is -1.24. The highest BCUT2D eigenvalue weighted by molar-refractivity contribution is 5.55. The Morgan fingerprint density at radius 3 is 2.23 bits per heavy atom. The van der Waals surface area contributed by atoms with Gasteiger partial charge in [-0.2, -0.15) is 4.98 Å². The summed E-state index contributed by atoms with van der Waals surface area (Å²) in [5.74, 6) is -0.535. The third kappa shape index (κ3) is 3.53. The van der Waals surface area contributed by atoms with Crippen molar-refractivity contribution in [2.75, 3.05) is 13.2 Å². The molecule has 0 aliphatic rings. The molecule has 0 atom stereocenters. The first kappa shape index (κ1) is 16.2. The monoisotopic (exact) mass is 319 g/mol. The lowest BCUT2D eigenvalue weighted by molar-refractivity contribution is -0.274. The first-order valence-corrected chi connectivity index (χ1v) is 5.98. The van der Waals surface area contributed by atoms with Crippen molar-refractivity contribution < 1.29 is 32.6 Å².